The summed E-state index contributed by atoms with van der Waals surface area (Å²) in [6.07, 6.45) is 0. The first-order valence-corrected chi connectivity index (χ1v) is 7.53. The lowest BCUT2D eigenvalue weighted by molar-refractivity contribution is -0.0202. The Balaban J connectivity index is 2.20. The van der Waals surface area contributed by atoms with Gasteiger partial charge >= 0.3 is 0 Å². The third-order valence-corrected chi connectivity index (χ3v) is 5.49. The van der Waals surface area contributed by atoms with Crippen LogP contribution in [-0.2, 0) is 4.74 Å². The van der Waals surface area contributed by atoms with Gasteiger partial charge in [0.05, 0.1) is 19.3 Å². The summed E-state index contributed by atoms with van der Waals surface area (Å²) < 4.78 is 6.67. The fraction of sp³-hybridized carbons (Fsp3) is 0.667. The third-order valence-electron chi connectivity index (χ3n) is 3.25. The summed E-state index contributed by atoms with van der Waals surface area (Å²) in [7, 11) is 0. The molecule has 1 saturated heterocycles. The Labute approximate surface area is 115 Å². The zero-order valence-electron chi connectivity index (χ0n) is 10.3. The number of nitrogens with two attached hydrogens (primary N) is 1. The number of halogens is 1. The van der Waals surface area contributed by atoms with E-state index in [0.29, 0.717) is 18.6 Å². The molecule has 2 unspecified atom stereocenters. The summed E-state index contributed by atoms with van der Waals surface area (Å²) in [4.78, 5) is 5.13. The van der Waals surface area contributed by atoms with Crippen LogP contribution in [0.5, 0.6) is 0 Å². The van der Waals surface area contributed by atoms with Crippen molar-refractivity contribution >= 4 is 27.3 Å². The van der Waals surface area contributed by atoms with Crippen molar-refractivity contribution in [3.63, 3.8) is 0 Å². The number of hydrogen-bond donors (Lipinski definition) is 1. The topological polar surface area (TPSA) is 38.5 Å². The fourth-order valence-electron chi connectivity index (χ4n) is 2.26. The van der Waals surface area contributed by atoms with Gasteiger partial charge in [0.1, 0.15) is 0 Å². The molecule has 0 radical (unpaired) electrons. The molecule has 1 aromatic rings. The van der Waals surface area contributed by atoms with Crippen molar-refractivity contribution in [2.75, 3.05) is 26.3 Å². The number of hydrogen-bond acceptors (Lipinski definition) is 4. The molecule has 2 rings (SSSR count). The maximum absolute atomic E-state index is 5.97. The quantitative estimate of drug-likeness (QED) is 0.930. The highest BCUT2D eigenvalue weighted by atomic mass is 79.9. The van der Waals surface area contributed by atoms with Gasteiger partial charge in [0, 0.05) is 33.4 Å². The maximum atomic E-state index is 5.97. The lowest BCUT2D eigenvalue weighted by atomic mass is 10.1. The van der Waals surface area contributed by atoms with E-state index in [1.807, 2.05) is 11.3 Å². The first kappa shape index (κ1) is 13.5. The SMILES string of the molecule is Cc1sc(C(CN)N2CCOCC2C)cc1Br. The highest BCUT2D eigenvalue weighted by molar-refractivity contribution is 9.10. The number of nitrogens with zero attached hydrogens (tertiary/aromatic N) is 1. The fourth-order valence-corrected chi connectivity index (χ4v) is 3.96. The smallest absolute Gasteiger partial charge is 0.0620 e. The van der Waals surface area contributed by atoms with Crippen LogP contribution in [0.25, 0.3) is 0 Å². The van der Waals surface area contributed by atoms with E-state index in [-0.39, 0.29) is 0 Å². The Bertz CT molecular complexity index is 363. The Morgan fingerprint density at radius 3 is 3.00 bits per heavy atom. The summed E-state index contributed by atoms with van der Waals surface area (Å²) >= 11 is 5.41. The van der Waals surface area contributed by atoms with Gasteiger partial charge in [-0.2, -0.15) is 0 Å². The summed E-state index contributed by atoms with van der Waals surface area (Å²) in [5.74, 6) is 0. The molecule has 2 atom stereocenters. The molecule has 96 valence electrons. The van der Waals surface area contributed by atoms with Crippen molar-refractivity contribution in [3.05, 3.63) is 20.3 Å². The van der Waals surface area contributed by atoms with Gasteiger partial charge in [-0.3, -0.25) is 4.90 Å². The van der Waals surface area contributed by atoms with Gasteiger partial charge in [-0.1, -0.05) is 0 Å². The highest BCUT2D eigenvalue weighted by Gasteiger charge is 2.28. The van der Waals surface area contributed by atoms with E-state index in [1.54, 1.807) is 0 Å². The average Bonchev–Trinajstić information content (AvgIpc) is 2.63. The molecule has 0 amide bonds. The molecule has 0 bridgehead atoms. The predicted molar refractivity (Wildman–Crippen MR) is 75.5 cm³/mol. The maximum Gasteiger partial charge on any atom is 0.0620 e. The first-order chi connectivity index (χ1) is 8.13. The number of morpholine rings is 1. The van der Waals surface area contributed by atoms with E-state index in [1.165, 1.54) is 14.2 Å². The van der Waals surface area contributed by atoms with E-state index < -0.39 is 0 Å². The summed E-state index contributed by atoms with van der Waals surface area (Å²) in [6.45, 7) is 7.59. The Morgan fingerprint density at radius 1 is 1.71 bits per heavy atom. The van der Waals surface area contributed by atoms with Crippen LogP contribution in [0.3, 0.4) is 0 Å². The van der Waals surface area contributed by atoms with Gasteiger partial charge in [-0.15, -0.1) is 11.3 Å². The normalized spacial score (nSPS) is 23.9. The van der Waals surface area contributed by atoms with Crippen LogP contribution >= 0.6 is 27.3 Å². The second kappa shape index (κ2) is 5.80. The second-order valence-corrected chi connectivity index (χ2v) is 6.61. The highest BCUT2D eigenvalue weighted by Crippen LogP contribution is 2.34. The van der Waals surface area contributed by atoms with Gasteiger partial charge in [-0.25, -0.2) is 0 Å². The molecular weight excluding hydrogens is 300 g/mol. The van der Waals surface area contributed by atoms with Crippen molar-refractivity contribution in [3.8, 4) is 0 Å². The molecule has 1 aliphatic heterocycles. The number of thiophene rings is 1. The Hall–Kier alpha value is 0.0600. The largest absolute Gasteiger partial charge is 0.379 e. The minimum Gasteiger partial charge on any atom is -0.379 e. The van der Waals surface area contributed by atoms with Crippen LogP contribution in [0, 0.1) is 6.92 Å². The summed E-state index contributed by atoms with van der Waals surface area (Å²) in [6, 6.07) is 2.97. The minimum absolute atomic E-state index is 0.323. The third kappa shape index (κ3) is 2.90. The second-order valence-electron chi connectivity index (χ2n) is 4.47. The van der Waals surface area contributed by atoms with E-state index in [9.17, 15) is 0 Å². The van der Waals surface area contributed by atoms with E-state index in [0.717, 1.165) is 19.8 Å². The lowest BCUT2D eigenvalue weighted by Gasteiger charge is -2.38. The molecule has 1 fully saturated rings. The minimum atomic E-state index is 0.323. The molecule has 0 aliphatic carbocycles. The number of ether oxygens (including phenoxy) is 1. The predicted octanol–water partition coefficient (Wildman–Crippen LogP) is 2.54. The van der Waals surface area contributed by atoms with Crippen molar-refractivity contribution in [2.24, 2.45) is 5.73 Å². The Kier molecular flexibility index (Phi) is 4.60. The molecule has 3 nitrogen and oxygen atoms in total. The number of rotatable bonds is 3. The molecule has 1 aliphatic rings. The molecular formula is C12H19BrN2OS. The van der Waals surface area contributed by atoms with Gasteiger partial charge in [0.25, 0.3) is 0 Å². The summed E-state index contributed by atoms with van der Waals surface area (Å²) in [5, 5.41) is 0. The van der Waals surface area contributed by atoms with Crippen molar-refractivity contribution < 1.29 is 4.74 Å². The lowest BCUT2D eigenvalue weighted by Crippen LogP contribution is -2.47. The average molecular weight is 319 g/mol. The van der Waals surface area contributed by atoms with Crippen LogP contribution in [-0.4, -0.2) is 37.2 Å². The molecule has 0 spiro atoms. The molecule has 5 heteroatoms. The van der Waals surface area contributed by atoms with Crippen molar-refractivity contribution in [1.29, 1.82) is 0 Å². The van der Waals surface area contributed by atoms with Crippen molar-refractivity contribution in [2.45, 2.75) is 25.9 Å². The van der Waals surface area contributed by atoms with Gasteiger partial charge in [0.15, 0.2) is 0 Å². The van der Waals surface area contributed by atoms with Crippen LogP contribution in [0.15, 0.2) is 10.5 Å². The zero-order valence-corrected chi connectivity index (χ0v) is 12.7. The van der Waals surface area contributed by atoms with E-state index in [4.69, 9.17) is 10.5 Å². The van der Waals surface area contributed by atoms with Gasteiger partial charge in [0.2, 0.25) is 0 Å². The van der Waals surface area contributed by atoms with Crippen LogP contribution in [0.2, 0.25) is 0 Å². The standard InChI is InChI=1S/C12H19BrN2OS/c1-8-7-16-4-3-15(8)11(6-14)12-5-10(13)9(2)17-12/h5,8,11H,3-4,6-7,14H2,1-2H3. The molecule has 0 aromatic carbocycles. The molecule has 17 heavy (non-hydrogen) atoms. The van der Waals surface area contributed by atoms with Crippen LogP contribution < -0.4 is 5.73 Å². The van der Waals surface area contributed by atoms with Gasteiger partial charge < -0.3 is 10.5 Å². The van der Waals surface area contributed by atoms with Crippen LogP contribution in [0.1, 0.15) is 22.7 Å². The number of aryl methyl sites for hydroxylation is 1. The first-order valence-electron chi connectivity index (χ1n) is 5.93. The van der Waals surface area contributed by atoms with Crippen LogP contribution in [0.4, 0.5) is 0 Å². The summed E-state index contributed by atoms with van der Waals surface area (Å²) in [5.41, 5.74) is 5.97. The van der Waals surface area contributed by atoms with E-state index in [2.05, 4.69) is 40.7 Å². The van der Waals surface area contributed by atoms with E-state index >= 15 is 0 Å². The molecule has 2 N–H and O–H groups in total. The molecule has 2 heterocycles. The zero-order chi connectivity index (χ0) is 12.4. The molecule has 1 aromatic heterocycles. The molecule has 0 saturated carbocycles. The van der Waals surface area contributed by atoms with Crippen molar-refractivity contribution in [1.82, 2.24) is 4.90 Å². The monoisotopic (exact) mass is 318 g/mol. The van der Waals surface area contributed by atoms with Gasteiger partial charge in [-0.05, 0) is 35.8 Å². The Morgan fingerprint density at radius 2 is 2.47 bits per heavy atom.